The summed E-state index contributed by atoms with van der Waals surface area (Å²) in [4.78, 5) is 6.68. The highest BCUT2D eigenvalue weighted by atomic mass is 19.4. The van der Waals surface area contributed by atoms with Crippen LogP contribution < -0.4 is 9.64 Å². The molecule has 8 nitrogen and oxygen atoms in total. The van der Waals surface area contributed by atoms with Crippen molar-refractivity contribution >= 4 is 34.6 Å². The van der Waals surface area contributed by atoms with Crippen LogP contribution in [0.3, 0.4) is 0 Å². The molecular formula is C27H25F3N6O2. The van der Waals surface area contributed by atoms with E-state index in [0.717, 1.165) is 18.8 Å². The summed E-state index contributed by atoms with van der Waals surface area (Å²) in [5, 5.41) is 10.5. The van der Waals surface area contributed by atoms with Gasteiger partial charge in [0.05, 0.1) is 18.2 Å². The molecule has 0 spiro atoms. The van der Waals surface area contributed by atoms with Gasteiger partial charge in [-0.15, -0.1) is 10.2 Å². The number of allylic oxidation sites excluding steroid dienone is 2. The summed E-state index contributed by atoms with van der Waals surface area (Å²) >= 11 is 0. The van der Waals surface area contributed by atoms with Crippen molar-refractivity contribution in [3.05, 3.63) is 71.8 Å². The number of H-pyrrole nitrogens is 1. The lowest BCUT2D eigenvalue weighted by Crippen LogP contribution is -2.21. The van der Waals surface area contributed by atoms with Crippen LogP contribution in [0, 0.1) is 0 Å². The molecule has 0 aliphatic carbocycles. The van der Waals surface area contributed by atoms with Crippen molar-refractivity contribution in [1.29, 1.82) is 0 Å². The smallest absolute Gasteiger partial charge is 0.433 e. The van der Waals surface area contributed by atoms with E-state index in [1.165, 1.54) is 23.8 Å². The normalized spacial score (nSPS) is 12.5. The monoisotopic (exact) mass is 522 g/mol. The quantitative estimate of drug-likeness (QED) is 0.235. The topological polar surface area (TPSA) is 84.5 Å². The summed E-state index contributed by atoms with van der Waals surface area (Å²) in [7, 11) is 1.48. The Morgan fingerprint density at radius 3 is 2.55 bits per heavy atom. The van der Waals surface area contributed by atoms with Gasteiger partial charge in [-0.2, -0.15) is 13.2 Å². The lowest BCUT2D eigenvalue weighted by atomic mass is 10.2. The summed E-state index contributed by atoms with van der Waals surface area (Å²) in [6, 6.07) is 12.7. The number of nitrogens with zero attached hydrogens (tertiary/aromatic N) is 5. The van der Waals surface area contributed by atoms with Crippen molar-refractivity contribution in [2.75, 3.05) is 25.1 Å². The molecule has 0 atom stereocenters. The molecule has 0 unspecified atom stereocenters. The number of hydrogen-bond acceptors (Lipinski definition) is 6. The number of ether oxygens (including phenoxy) is 1. The molecule has 3 aromatic heterocycles. The maximum atomic E-state index is 13.9. The maximum Gasteiger partial charge on any atom is 0.433 e. The predicted molar refractivity (Wildman–Crippen MR) is 140 cm³/mol. The van der Waals surface area contributed by atoms with E-state index in [9.17, 15) is 13.2 Å². The number of methoxy groups -OCH3 is 1. The number of anilines is 1. The third-order valence-electron chi connectivity index (χ3n) is 6.16. The summed E-state index contributed by atoms with van der Waals surface area (Å²) in [5.41, 5.74) is 1.84. The molecule has 0 radical (unpaired) electrons. The van der Waals surface area contributed by atoms with E-state index in [4.69, 9.17) is 9.15 Å². The van der Waals surface area contributed by atoms with Crippen molar-refractivity contribution in [2.45, 2.75) is 20.0 Å². The van der Waals surface area contributed by atoms with Crippen molar-refractivity contribution < 1.29 is 22.3 Å². The van der Waals surface area contributed by atoms with Crippen LogP contribution in [0.1, 0.15) is 31.0 Å². The molecule has 0 bridgehead atoms. The second-order valence-corrected chi connectivity index (χ2v) is 8.38. The van der Waals surface area contributed by atoms with Gasteiger partial charge in [0.2, 0.25) is 5.89 Å². The minimum atomic E-state index is -4.63. The number of alkyl halides is 3. The standard InChI is InChI=1S/C27H25F3N6O2/c1-4-35(5-2)17-14-15-22-20(16-17)31-23(38-22)13-9-7-11-19-24(27(28,29)30)34-36-25(32-33-26(19)36)18-10-6-8-12-21(18)37-3/h6-16,34H,4-5H2,1-3H3. The van der Waals surface area contributed by atoms with Crippen molar-refractivity contribution in [2.24, 2.45) is 0 Å². The number of hydrogen-bond donors (Lipinski definition) is 1. The van der Waals surface area contributed by atoms with Gasteiger partial charge in [0.25, 0.3) is 0 Å². The van der Waals surface area contributed by atoms with Crippen LogP contribution >= 0.6 is 0 Å². The first kappa shape index (κ1) is 25.1. The molecule has 5 rings (SSSR count). The zero-order chi connectivity index (χ0) is 26.9. The molecule has 3 heterocycles. The Bertz CT molecular complexity index is 1640. The minimum absolute atomic E-state index is 0.0358. The van der Waals surface area contributed by atoms with Gasteiger partial charge in [-0.05, 0) is 50.3 Å². The highest BCUT2D eigenvalue weighted by molar-refractivity contribution is 5.79. The van der Waals surface area contributed by atoms with Crippen LogP contribution in [0.15, 0.2) is 59.0 Å². The summed E-state index contributed by atoms with van der Waals surface area (Å²) in [6.07, 6.45) is 1.33. The van der Waals surface area contributed by atoms with Gasteiger partial charge in [0, 0.05) is 24.9 Å². The number of fused-ring (bicyclic) bond motifs is 2. The molecule has 0 saturated carbocycles. The number of halogens is 3. The fourth-order valence-corrected chi connectivity index (χ4v) is 4.31. The van der Waals surface area contributed by atoms with E-state index in [1.807, 2.05) is 18.2 Å². The average Bonchev–Trinajstić information content (AvgIpc) is 3.60. The summed E-state index contributed by atoms with van der Waals surface area (Å²) in [6.45, 7) is 5.91. The van der Waals surface area contributed by atoms with Crippen LogP contribution in [0.2, 0.25) is 0 Å². The van der Waals surface area contributed by atoms with Gasteiger partial charge in [0.1, 0.15) is 17.0 Å². The Labute approximate surface area is 216 Å². The van der Waals surface area contributed by atoms with Crippen LogP contribution in [0.4, 0.5) is 18.9 Å². The van der Waals surface area contributed by atoms with Gasteiger partial charge in [-0.25, -0.2) is 9.50 Å². The van der Waals surface area contributed by atoms with Gasteiger partial charge in [0.15, 0.2) is 17.1 Å². The lowest BCUT2D eigenvalue weighted by Gasteiger charge is -2.20. The molecule has 196 valence electrons. The number of oxazole rings is 1. The van der Waals surface area contributed by atoms with E-state index >= 15 is 0 Å². The Balaban J connectivity index is 1.46. The largest absolute Gasteiger partial charge is 0.496 e. The fraction of sp³-hybridized carbons (Fsp3) is 0.222. The molecular weight excluding hydrogens is 497 g/mol. The molecule has 2 aromatic carbocycles. The summed E-state index contributed by atoms with van der Waals surface area (Å²) in [5.74, 6) is 1.01. The number of aromatic nitrogens is 5. The number of para-hydroxylation sites is 1. The van der Waals surface area contributed by atoms with Crippen LogP contribution in [-0.2, 0) is 6.18 Å². The number of aromatic amines is 1. The first-order valence-corrected chi connectivity index (χ1v) is 12.0. The molecule has 0 aliphatic heterocycles. The Morgan fingerprint density at radius 1 is 1.05 bits per heavy atom. The number of benzene rings is 2. The lowest BCUT2D eigenvalue weighted by molar-refractivity contribution is -0.141. The highest BCUT2D eigenvalue weighted by Crippen LogP contribution is 2.36. The molecule has 0 aliphatic rings. The first-order valence-electron chi connectivity index (χ1n) is 12.0. The van der Waals surface area contributed by atoms with E-state index in [0.29, 0.717) is 28.3 Å². The van der Waals surface area contributed by atoms with Crippen molar-refractivity contribution in [3.8, 4) is 17.1 Å². The maximum absolute atomic E-state index is 13.9. The van der Waals surface area contributed by atoms with Crippen LogP contribution in [0.25, 0.3) is 40.3 Å². The van der Waals surface area contributed by atoms with Gasteiger partial charge < -0.3 is 14.1 Å². The number of rotatable bonds is 8. The van der Waals surface area contributed by atoms with Gasteiger partial charge in [-0.3, -0.25) is 5.10 Å². The summed E-state index contributed by atoms with van der Waals surface area (Å²) < 4.78 is 53.9. The van der Waals surface area contributed by atoms with Gasteiger partial charge >= 0.3 is 6.18 Å². The SMILES string of the molecule is CCN(CC)c1ccc2oc(C=CC=Cc3c(C(F)(F)F)[nH]n4c(-c5ccccc5OC)nnc34)nc2c1. The van der Waals surface area contributed by atoms with E-state index in [2.05, 4.69) is 39.0 Å². The Hall–Kier alpha value is -4.54. The number of nitrogens with one attached hydrogen (secondary N) is 1. The van der Waals surface area contributed by atoms with Crippen LogP contribution in [-0.4, -0.2) is 45.0 Å². The third-order valence-corrected chi connectivity index (χ3v) is 6.16. The third kappa shape index (κ3) is 4.62. The van der Waals surface area contributed by atoms with Crippen molar-refractivity contribution in [3.63, 3.8) is 0 Å². The van der Waals surface area contributed by atoms with E-state index in [1.54, 1.807) is 36.4 Å². The predicted octanol–water partition coefficient (Wildman–Crippen LogP) is 6.47. The average molecular weight is 523 g/mol. The second kappa shape index (κ2) is 10.1. The second-order valence-electron chi connectivity index (χ2n) is 8.38. The molecule has 5 aromatic rings. The van der Waals surface area contributed by atoms with E-state index < -0.39 is 11.9 Å². The fourth-order valence-electron chi connectivity index (χ4n) is 4.31. The zero-order valence-electron chi connectivity index (χ0n) is 21.0. The molecule has 0 amide bonds. The van der Waals surface area contributed by atoms with Crippen LogP contribution in [0.5, 0.6) is 5.75 Å². The van der Waals surface area contributed by atoms with Crippen molar-refractivity contribution in [1.82, 2.24) is 24.8 Å². The molecule has 0 fully saturated rings. The molecule has 11 heteroatoms. The highest BCUT2D eigenvalue weighted by Gasteiger charge is 2.37. The Morgan fingerprint density at radius 2 is 1.82 bits per heavy atom. The zero-order valence-corrected chi connectivity index (χ0v) is 21.0. The van der Waals surface area contributed by atoms with Gasteiger partial charge in [-0.1, -0.05) is 24.3 Å². The molecule has 1 N–H and O–H groups in total. The van der Waals surface area contributed by atoms with E-state index in [-0.39, 0.29) is 17.0 Å². The first-order chi connectivity index (χ1) is 18.3. The minimum Gasteiger partial charge on any atom is -0.496 e. The molecule has 38 heavy (non-hydrogen) atoms. The Kier molecular flexibility index (Phi) is 6.66. The molecule has 0 saturated heterocycles.